The fourth-order valence-electron chi connectivity index (χ4n) is 7.91. The lowest BCUT2D eigenvalue weighted by atomic mass is 10.00. The molecule has 0 aliphatic rings. The van der Waals surface area contributed by atoms with Gasteiger partial charge in [-0.25, -0.2) is 9.13 Å². The number of hydrogen-bond donors (Lipinski definition) is 3. The van der Waals surface area contributed by atoms with Gasteiger partial charge in [0.1, 0.15) is 19.3 Å². The molecule has 0 aromatic heterocycles. The van der Waals surface area contributed by atoms with Gasteiger partial charge in [0, 0.05) is 25.7 Å². The standard InChI is InChI=1S/C55H106O17P2/c1-7-10-12-14-15-16-19-27-33-39-54(59)71-50(43-65-52(57)37-31-23-13-11-8-2)45-69-73(61,62)67-41-49(56)42-68-74(63,64)70-46-51(72-55(60)40-34-28-20-17-18-24-29-35-47(4)5)44-66-53(58)38-32-26-22-21-25-30-36-48(6)9-3/h47-51,56H,7-46H2,1-6H3,(H,61,62)(H,63,64)/t48?,49-,50+,51+/m0/s1. The number of aliphatic hydroxyl groups is 1. The molecule has 0 fully saturated rings. The predicted octanol–water partition coefficient (Wildman–Crippen LogP) is 14.1. The zero-order valence-corrected chi connectivity index (χ0v) is 48.9. The molecular weight excluding hydrogens is 995 g/mol. The molecule has 0 saturated heterocycles. The largest absolute Gasteiger partial charge is 0.472 e. The van der Waals surface area contributed by atoms with Gasteiger partial charge in [0.2, 0.25) is 0 Å². The Labute approximate surface area is 447 Å². The quantitative estimate of drug-likeness (QED) is 0.0222. The van der Waals surface area contributed by atoms with Crippen LogP contribution in [-0.2, 0) is 65.4 Å². The summed E-state index contributed by atoms with van der Waals surface area (Å²) in [5, 5.41) is 10.4. The maximum Gasteiger partial charge on any atom is 0.472 e. The number of unbranched alkanes of at least 4 members (excludes halogenated alkanes) is 23. The van der Waals surface area contributed by atoms with Gasteiger partial charge in [-0.15, -0.1) is 0 Å². The molecule has 0 aliphatic carbocycles. The molecule has 17 nitrogen and oxygen atoms in total. The van der Waals surface area contributed by atoms with Gasteiger partial charge < -0.3 is 33.8 Å². The Bertz CT molecular complexity index is 1480. The number of rotatable bonds is 54. The highest BCUT2D eigenvalue weighted by atomic mass is 31.2. The average Bonchev–Trinajstić information content (AvgIpc) is 3.36. The highest BCUT2D eigenvalue weighted by Gasteiger charge is 2.30. The van der Waals surface area contributed by atoms with Crippen LogP contribution in [0, 0.1) is 11.8 Å². The number of aliphatic hydroxyl groups excluding tert-OH is 1. The second-order valence-corrected chi connectivity index (χ2v) is 23.6. The topological polar surface area (TPSA) is 237 Å². The molecule has 0 saturated carbocycles. The minimum atomic E-state index is -4.93. The number of esters is 4. The van der Waals surface area contributed by atoms with E-state index in [2.05, 4.69) is 41.5 Å². The van der Waals surface area contributed by atoms with Crippen molar-refractivity contribution in [3.63, 3.8) is 0 Å². The van der Waals surface area contributed by atoms with Crippen molar-refractivity contribution in [1.82, 2.24) is 0 Å². The molecule has 0 rings (SSSR count). The molecule has 6 atom stereocenters. The maximum atomic E-state index is 12.9. The molecule has 438 valence electrons. The van der Waals surface area contributed by atoms with E-state index in [0.717, 1.165) is 109 Å². The molecule has 0 spiro atoms. The Hall–Kier alpha value is -1.94. The summed E-state index contributed by atoms with van der Waals surface area (Å²) in [5.41, 5.74) is 0. The summed E-state index contributed by atoms with van der Waals surface area (Å²) in [7, 11) is -9.86. The molecule has 0 aliphatic heterocycles. The van der Waals surface area contributed by atoms with Crippen molar-refractivity contribution < 1.29 is 80.2 Å². The summed E-state index contributed by atoms with van der Waals surface area (Å²) in [4.78, 5) is 71.4. The summed E-state index contributed by atoms with van der Waals surface area (Å²) >= 11 is 0. The SMILES string of the molecule is CCCCCCCCCCCC(=O)O[C@H](COC(=O)CCCCCCC)COP(=O)(O)OC[C@H](O)COP(=O)(O)OC[C@@H](COC(=O)CCCCCCCCC(C)CC)OC(=O)CCCCCCCCCC(C)C. The van der Waals surface area contributed by atoms with Gasteiger partial charge in [0.05, 0.1) is 26.4 Å². The highest BCUT2D eigenvalue weighted by Crippen LogP contribution is 2.45. The number of carbonyl (C=O) groups is 4. The summed E-state index contributed by atoms with van der Waals surface area (Å²) in [6, 6.07) is 0. The van der Waals surface area contributed by atoms with Crippen LogP contribution in [0.4, 0.5) is 0 Å². The smallest absolute Gasteiger partial charge is 0.462 e. The molecular formula is C55H106O17P2. The first kappa shape index (κ1) is 72.1. The Balaban J connectivity index is 5.20. The lowest BCUT2D eigenvalue weighted by Gasteiger charge is -2.21. The van der Waals surface area contributed by atoms with E-state index in [-0.39, 0.29) is 25.7 Å². The second kappa shape index (κ2) is 48.2. The average molecular weight is 1100 g/mol. The van der Waals surface area contributed by atoms with E-state index in [9.17, 15) is 43.2 Å². The van der Waals surface area contributed by atoms with E-state index in [1.54, 1.807) is 0 Å². The van der Waals surface area contributed by atoms with Crippen LogP contribution in [0.5, 0.6) is 0 Å². The third-order valence-electron chi connectivity index (χ3n) is 12.8. The fourth-order valence-corrected chi connectivity index (χ4v) is 9.49. The van der Waals surface area contributed by atoms with Gasteiger partial charge in [-0.1, -0.05) is 208 Å². The number of hydrogen-bond acceptors (Lipinski definition) is 15. The van der Waals surface area contributed by atoms with E-state index in [1.807, 2.05) is 0 Å². The van der Waals surface area contributed by atoms with Crippen molar-refractivity contribution in [2.24, 2.45) is 11.8 Å². The zero-order chi connectivity index (χ0) is 55.1. The summed E-state index contributed by atoms with van der Waals surface area (Å²) in [6.45, 7) is 9.21. The molecule has 0 heterocycles. The first-order chi connectivity index (χ1) is 35.4. The van der Waals surface area contributed by atoms with Crippen LogP contribution in [0.3, 0.4) is 0 Å². The van der Waals surface area contributed by atoms with Crippen molar-refractivity contribution in [2.75, 3.05) is 39.6 Å². The van der Waals surface area contributed by atoms with Crippen LogP contribution >= 0.6 is 15.6 Å². The Morgan fingerprint density at radius 2 is 0.689 bits per heavy atom. The van der Waals surface area contributed by atoms with Crippen LogP contribution in [0.1, 0.15) is 260 Å². The predicted molar refractivity (Wildman–Crippen MR) is 289 cm³/mol. The van der Waals surface area contributed by atoms with Crippen molar-refractivity contribution in [3.8, 4) is 0 Å². The fraction of sp³-hybridized carbons (Fsp3) is 0.927. The molecule has 74 heavy (non-hydrogen) atoms. The molecule has 19 heteroatoms. The minimum absolute atomic E-state index is 0.102. The minimum Gasteiger partial charge on any atom is -0.462 e. The molecule has 0 amide bonds. The first-order valence-electron chi connectivity index (χ1n) is 29.0. The van der Waals surface area contributed by atoms with Gasteiger partial charge in [-0.05, 0) is 37.5 Å². The molecule has 3 N–H and O–H groups in total. The maximum absolute atomic E-state index is 12.9. The van der Waals surface area contributed by atoms with E-state index in [1.165, 1.54) is 64.2 Å². The molecule has 3 unspecified atom stereocenters. The third kappa shape index (κ3) is 48.4. The summed E-state index contributed by atoms with van der Waals surface area (Å²) in [6.07, 6.45) is 27.1. The lowest BCUT2D eigenvalue weighted by Crippen LogP contribution is -2.30. The van der Waals surface area contributed by atoms with Crippen molar-refractivity contribution >= 4 is 39.5 Å². The summed E-state index contributed by atoms with van der Waals surface area (Å²) < 4.78 is 67.3. The van der Waals surface area contributed by atoms with Crippen LogP contribution in [-0.4, -0.2) is 96.7 Å². The van der Waals surface area contributed by atoms with Crippen molar-refractivity contribution in [3.05, 3.63) is 0 Å². The van der Waals surface area contributed by atoms with Crippen molar-refractivity contribution in [1.29, 1.82) is 0 Å². The van der Waals surface area contributed by atoms with Crippen LogP contribution in [0.15, 0.2) is 0 Å². The van der Waals surface area contributed by atoms with E-state index in [4.69, 9.17) is 37.0 Å². The zero-order valence-electron chi connectivity index (χ0n) is 47.1. The van der Waals surface area contributed by atoms with E-state index >= 15 is 0 Å². The third-order valence-corrected chi connectivity index (χ3v) is 14.7. The van der Waals surface area contributed by atoms with Gasteiger partial charge in [-0.3, -0.25) is 37.3 Å². The Morgan fingerprint density at radius 1 is 0.392 bits per heavy atom. The molecule has 0 bridgehead atoms. The molecule has 0 aromatic carbocycles. The number of phosphoric acid groups is 2. The van der Waals surface area contributed by atoms with E-state index in [0.29, 0.717) is 31.6 Å². The Kier molecular flexibility index (Phi) is 46.9. The first-order valence-corrected chi connectivity index (χ1v) is 32.0. The van der Waals surface area contributed by atoms with Crippen LogP contribution in [0.25, 0.3) is 0 Å². The number of carbonyl (C=O) groups excluding carboxylic acids is 4. The lowest BCUT2D eigenvalue weighted by molar-refractivity contribution is -0.161. The number of phosphoric ester groups is 2. The molecule has 0 radical (unpaired) electrons. The van der Waals surface area contributed by atoms with Crippen molar-refractivity contribution in [2.45, 2.75) is 278 Å². The van der Waals surface area contributed by atoms with Gasteiger partial charge in [0.15, 0.2) is 12.2 Å². The van der Waals surface area contributed by atoms with E-state index < -0.39 is 97.5 Å². The second-order valence-electron chi connectivity index (χ2n) is 20.7. The normalized spacial score (nSPS) is 14.9. The monoisotopic (exact) mass is 1100 g/mol. The van der Waals surface area contributed by atoms with Gasteiger partial charge >= 0.3 is 39.5 Å². The highest BCUT2D eigenvalue weighted by molar-refractivity contribution is 7.47. The van der Waals surface area contributed by atoms with Gasteiger partial charge in [-0.2, -0.15) is 0 Å². The summed E-state index contributed by atoms with van der Waals surface area (Å²) in [5.74, 6) is -0.735. The number of ether oxygens (including phenoxy) is 4. The Morgan fingerprint density at radius 3 is 1.03 bits per heavy atom. The molecule has 0 aromatic rings. The van der Waals surface area contributed by atoms with Crippen LogP contribution in [0.2, 0.25) is 0 Å². The van der Waals surface area contributed by atoms with Crippen LogP contribution < -0.4 is 0 Å². The van der Waals surface area contributed by atoms with Gasteiger partial charge in [0.25, 0.3) is 0 Å².